The van der Waals surface area contributed by atoms with Gasteiger partial charge in [-0.3, -0.25) is 0 Å². The molecule has 0 bridgehead atoms. The van der Waals surface area contributed by atoms with Crippen LogP contribution < -0.4 is 0 Å². The highest BCUT2D eigenvalue weighted by Crippen LogP contribution is 2.46. The van der Waals surface area contributed by atoms with E-state index in [4.69, 9.17) is 28.2 Å². The molecule has 8 aromatic carbocycles. The molecule has 0 saturated heterocycles. The summed E-state index contributed by atoms with van der Waals surface area (Å²) in [5.74, 6) is 2.71. The van der Waals surface area contributed by atoms with E-state index in [1.807, 2.05) is 78.9 Å². The van der Waals surface area contributed by atoms with Crippen molar-refractivity contribution in [3.05, 3.63) is 193 Å². The topological polar surface area (TPSA) is 78.1 Å². The molecule has 4 heterocycles. The lowest BCUT2D eigenvalue weighted by atomic mass is 9.87. The smallest absolute Gasteiger partial charge is 0.164 e. The second-order valence-corrected chi connectivity index (χ2v) is 15.7. The number of fused-ring (bicyclic) bond motifs is 10. The number of nitrogens with zero attached hydrogens (tertiary/aromatic N) is 3. The molecule has 1 aliphatic rings. The Labute approximate surface area is 349 Å². The van der Waals surface area contributed by atoms with Crippen molar-refractivity contribution in [1.82, 2.24) is 15.0 Å². The van der Waals surface area contributed by atoms with Crippen LogP contribution in [0.5, 0.6) is 0 Å². The van der Waals surface area contributed by atoms with Gasteiger partial charge in [-0.05, 0) is 82.8 Å². The van der Waals surface area contributed by atoms with Gasteiger partial charge in [-0.1, -0.05) is 133 Å². The Kier molecular flexibility index (Phi) is 7.33. The number of allylic oxidation sites excluding steroid dienone is 1. The van der Waals surface area contributed by atoms with Crippen LogP contribution in [0, 0.1) is 0 Å². The zero-order chi connectivity index (χ0) is 40.0. The Morgan fingerprint density at radius 3 is 1.67 bits per heavy atom. The van der Waals surface area contributed by atoms with E-state index in [0.717, 1.165) is 118 Å². The molecule has 0 spiro atoms. The van der Waals surface area contributed by atoms with Gasteiger partial charge in [0.15, 0.2) is 17.5 Å². The van der Waals surface area contributed by atoms with Crippen LogP contribution in [-0.2, 0) is 6.42 Å². The largest absolute Gasteiger partial charge is 0.456 e. The van der Waals surface area contributed by atoms with Crippen LogP contribution in [0.4, 0.5) is 0 Å². The van der Waals surface area contributed by atoms with Gasteiger partial charge in [0, 0.05) is 54.8 Å². The summed E-state index contributed by atoms with van der Waals surface area (Å²) in [6.07, 6.45) is 4.19. The highest BCUT2D eigenvalue weighted by atomic mass is 16.3. The lowest BCUT2D eigenvalue weighted by Gasteiger charge is -2.17. The summed E-state index contributed by atoms with van der Waals surface area (Å²) in [6, 6.07) is 58.4. The van der Waals surface area contributed by atoms with E-state index in [9.17, 15) is 0 Å². The maximum absolute atomic E-state index is 6.67. The molecule has 0 atom stereocenters. The number of hydrogen-bond acceptors (Lipinski definition) is 6. The van der Waals surface area contributed by atoms with Crippen molar-refractivity contribution >= 4 is 71.2 Å². The number of hydrogen-bond donors (Lipinski definition) is 0. The molecule has 0 unspecified atom stereocenters. The molecule has 0 fully saturated rings. The van der Waals surface area contributed by atoms with E-state index in [1.165, 1.54) is 10.9 Å². The van der Waals surface area contributed by atoms with E-state index in [2.05, 4.69) is 97.1 Å². The zero-order valence-electron chi connectivity index (χ0n) is 32.7. The summed E-state index contributed by atoms with van der Waals surface area (Å²) in [5.41, 5.74) is 12.5. The van der Waals surface area contributed by atoms with Gasteiger partial charge in [0.25, 0.3) is 0 Å². The average Bonchev–Trinajstić information content (AvgIpc) is 4.02. The summed E-state index contributed by atoms with van der Waals surface area (Å²) in [4.78, 5) is 15.6. The van der Waals surface area contributed by atoms with Crippen LogP contribution in [0.3, 0.4) is 0 Å². The summed E-state index contributed by atoms with van der Waals surface area (Å²) in [5, 5.41) is 7.45. The average molecular weight is 784 g/mol. The predicted octanol–water partition coefficient (Wildman–Crippen LogP) is 14.6. The molecule has 0 amide bonds. The minimum absolute atomic E-state index is 0.583. The third kappa shape index (κ3) is 5.25. The fourth-order valence-electron chi connectivity index (χ4n) is 9.51. The Bertz CT molecular complexity index is 3780. The van der Waals surface area contributed by atoms with Gasteiger partial charge in [0.1, 0.15) is 33.7 Å². The summed E-state index contributed by atoms with van der Waals surface area (Å²) < 4.78 is 19.6. The molecule has 1 aliphatic carbocycles. The van der Waals surface area contributed by atoms with Crippen molar-refractivity contribution in [2.24, 2.45) is 0 Å². The first kappa shape index (κ1) is 33.8. The first-order valence-corrected chi connectivity index (χ1v) is 20.6. The number of furan rings is 3. The van der Waals surface area contributed by atoms with Gasteiger partial charge in [0.05, 0.1) is 0 Å². The summed E-state index contributed by atoms with van der Waals surface area (Å²) in [7, 11) is 0. The molecule has 0 N–H and O–H groups in total. The van der Waals surface area contributed by atoms with Crippen LogP contribution >= 0.6 is 0 Å². The van der Waals surface area contributed by atoms with E-state index in [-0.39, 0.29) is 0 Å². The minimum atomic E-state index is 0.583. The third-order valence-corrected chi connectivity index (χ3v) is 12.2. The van der Waals surface area contributed by atoms with Crippen molar-refractivity contribution < 1.29 is 13.3 Å². The molecule has 61 heavy (non-hydrogen) atoms. The molecule has 4 aromatic heterocycles. The van der Waals surface area contributed by atoms with Gasteiger partial charge < -0.3 is 13.3 Å². The normalized spacial score (nSPS) is 12.9. The Morgan fingerprint density at radius 2 is 0.918 bits per heavy atom. The molecule has 12 aromatic rings. The van der Waals surface area contributed by atoms with Crippen LogP contribution in [-0.4, -0.2) is 15.0 Å². The van der Waals surface area contributed by atoms with Gasteiger partial charge in [-0.2, -0.15) is 0 Å². The van der Waals surface area contributed by atoms with Crippen molar-refractivity contribution in [2.75, 3.05) is 0 Å². The number of para-hydroxylation sites is 3. The van der Waals surface area contributed by atoms with Crippen molar-refractivity contribution in [2.45, 2.75) is 12.8 Å². The third-order valence-electron chi connectivity index (χ3n) is 12.2. The fourth-order valence-corrected chi connectivity index (χ4v) is 9.51. The maximum atomic E-state index is 6.67. The molecular weight excluding hydrogens is 751 g/mol. The van der Waals surface area contributed by atoms with E-state index in [1.54, 1.807) is 0 Å². The standard InChI is InChI=1S/C55H33N3O3/c1-2-14-32(15-3-1)53-56-54(58-55(57-53)43-23-13-27-48-50(43)41-19-7-10-25-46(41)59-48)40-29-28-37(35-16-4-5-17-36(35)40)44-30-33(31-49-51(44)42-20-8-11-26-47(42)60-49)34-21-12-22-39-38-18-6-9-24-45(38)61-52(34)39/h1-11,13-21,23-31H,12,22H2. The SMILES string of the molecule is C1=C(c2cc(-c3ccc(-c4nc(-c5ccccc5)nc(-c5cccc6oc7ccccc7c56)n4)c4ccccc34)c3c(c2)oc2ccccc23)c2oc3ccccc3c2CC1. The number of benzene rings is 8. The highest BCUT2D eigenvalue weighted by Gasteiger charge is 2.25. The summed E-state index contributed by atoms with van der Waals surface area (Å²) >= 11 is 0. The summed E-state index contributed by atoms with van der Waals surface area (Å²) in [6.45, 7) is 0. The van der Waals surface area contributed by atoms with Crippen LogP contribution in [0.25, 0.3) is 116 Å². The predicted molar refractivity (Wildman–Crippen MR) is 245 cm³/mol. The van der Waals surface area contributed by atoms with Gasteiger partial charge in [0.2, 0.25) is 0 Å². The maximum Gasteiger partial charge on any atom is 0.164 e. The van der Waals surface area contributed by atoms with Crippen molar-refractivity contribution in [3.63, 3.8) is 0 Å². The molecular formula is C55H33N3O3. The van der Waals surface area contributed by atoms with Gasteiger partial charge in [-0.25, -0.2) is 15.0 Å². The fraction of sp³-hybridized carbons (Fsp3) is 0.0364. The van der Waals surface area contributed by atoms with Crippen molar-refractivity contribution in [3.8, 4) is 45.3 Å². The van der Waals surface area contributed by atoms with E-state index < -0.39 is 0 Å². The lowest BCUT2D eigenvalue weighted by molar-refractivity contribution is 0.591. The second-order valence-electron chi connectivity index (χ2n) is 15.7. The van der Waals surface area contributed by atoms with Gasteiger partial charge >= 0.3 is 0 Å². The number of rotatable bonds is 5. The molecule has 0 aliphatic heterocycles. The monoisotopic (exact) mass is 783 g/mol. The van der Waals surface area contributed by atoms with Gasteiger partial charge in [-0.15, -0.1) is 0 Å². The number of aryl methyl sites for hydroxylation is 1. The molecule has 286 valence electrons. The van der Waals surface area contributed by atoms with E-state index >= 15 is 0 Å². The lowest BCUT2D eigenvalue weighted by Crippen LogP contribution is -2.01. The molecule has 0 radical (unpaired) electrons. The highest BCUT2D eigenvalue weighted by molar-refractivity contribution is 6.17. The molecule has 6 heteroatoms. The zero-order valence-corrected chi connectivity index (χ0v) is 32.7. The number of aromatic nitrogens is 3. The molecule has 0 saturated carbocycles. The Morgan fingerprint density at radius 1 is 0.361 bits per heavy atom. The van der Waals surface area contributed by atoms with Crippen LogP contribution in [0.2, 0.25) is 0 Å². The quantitative estimate of drug-likeness (QED) is 0.173. The van der Waals surface area contributed by atoms with Crippen LogP contribution in [0.1, 0.15) is 23.3 Å². The molecule has 13 rings (SSSR count). The first-order chi connectivity index (χ1) is 30.2. The van der Waals surface area contributed by atoms with Crippen LogP contribution in [0.15, 0.2) is 189 Å². The Balaban J connectivity index is 1.04. The second kappa shape index (κ2) is 13.2. The minimum Gasteiger partial charge on any atom is -0.456 e. The van der Waals surface area contributed by atoms with Crippen molar-refractivity contribution in [1.29, 1.82) is 0 Å². The first-order valence-electron chi connectivity index (χ1n) is 20.6. The molecule has 6 nitrogen and oxygen atoms in total. The Hall–Kier alpha value is -8.09. The van der Waals surface area contributed by atoms with E-state index in [0.29, 0.717) is 17.5 Å².